The molecule has 2 aromatic rings. The topological polar surface area (TPSA) is 94.3 Å². The summed E-state index contributed by atoms with van der Waals surface area (Å²) in [7, 11) is 1.63. The number of hydrogen-bond donors (Lipinski definition) is 0. The van der Waals surface area contributed by atoms with Crippen LogP contribution in [0.25, 0.3) is 0 Å². The van der Waals surface area contributed by atoms with Gasteiger partial charge in [-0.15, -0.1) is 0 Å². The van der Waals surface area contributed by atoms with Crippen molar-refractivity contribution in [3.8, 4) is 5.75 Å². The molecule has 2 atom stereocenters. The van der Waals surface area contributed by atoms with Crippen molar-refractivity contribution in [2.45, 2.75) is 32.7 Å². The number of nitro groups is 1. The Morgan fingerprint density at radius 1 is 1.31 bits per heavy atom. The number of ether oxygens (including phenoxy) is 2. The number of rotatable bonds is 6. The molecule has 2 aromatic carbocycles. The van der Waals surface area contributed by atoms with Gasteiger partial charge in [-0.05, 0) is 49.9 Å². The van der Waals surface area contributed by atoms with Gasteiger partial charge in [-0.3, -0.25) is 15.1 Å². The second kappa shape index (κ2) is 8.82. The monoisotopic (exact) mass is 435 g/mol. The first-order valence-corrected chi connectivity index (χ1v) is 10.6. The van der Waals surface area contributed by atoms with Crippen LogP contribution in [0.3, 0.4) is 0 Å². The minimum Gasteiger partial charge on any atom is -0.497 e. The molecule has 0 aromatic heterocycles. The third-order valence-corrected chi connectivity index (χ3v) is 5.93. The predicted octanol–water partition coefficient (Wildman–Crippen LogP) is 4.39. The van der Waals surface area contributed by atoms with Crippen LogP contribution in [-0.4, -0.2) is 35.3 Å². The molecule has 0 fully saturated rings. The number of hydrogen-bond acceptors (Lipinski definition) is 7. The number of fused-ring (bicyclic) bond motifs is 3. The number of benzene rings is 2. The van der Waals surface area contributed by atoms with Gasteiger partial charge in [0.1, 0.15) is 5.75 Å². The highest BCUT2D eigenvalue weighted by molar-refractivity contribution is 6.06. The number of non-ortho nitro benzene ring substituents is 1. The fraction of sp³-hybridized carbons (Fsp3) is 0.333. The van der Waals surface area contributed by atoms with Gasteiger partial charge in [-0.2, -0.15) is 5.10 Å². The standard InChI is InChI=1S/C24H25N3O5/c1-4-32-22(28)12-15(2)26-24(17-6-5-7-18(13-17)27(29)30)20-11-9-16-8-10-19(31-3)14-21(16)23(20)25-26/h5-8,10,12-14,20,24H,4,9,11H2,1-3H3/b15-12+/t20-,24+/m0/s1. The fourth-order valence-electron chi connectivity index (χ4n) is 4.49. The maximum Gasteiger partial charge on any atom is 0.332 e. The quantitative estimate of drug-likeness (QED) is 0.289. The maximum atomic E-state index is 12.1. The summed E-state index contributed by atoms with van der Waals surface area (Å²) >= 11 is 0. The predicted molar refractivity (Wildman–Crippen MR) is 119 cm³/mol. The minimum atomic E-state index is -0.445. The molecule has 0 bridgehead atoms. The van der Waals surface area contributed by atoms with Crippen LogP contribution >= 0.6 is 0 Å². The van der Waals surface area contributed by atoms with Crippen molar-refractivity contribution in [3.63, 3.8) is 0 Å². The van der Waals surface area contributed by atoms with Gasteiger partial charge in [0.05, 0.1) is 30.4 Å². The number of nitrogens with zero attached hydrogens (tertiary/aromatic N) is 3. The lowest BCUT2D eigenvalue weighted by Gasteiger charge is -2.31. The van der Waals surface area contributed by atoms with E-state index in [9.17, 15) is 14.9 Å². The molecule has 166 valence electrons. The summed E-state index contributed by atoms with van der Waals surface area (Å²) in [5.74, 6) is 0.318. The number of allylic oxidation sites excluding steroid dienone is 1. The van der Waals surface area contributed by atoms with Crippen LogP contribution in [0.5, 0.6) is 5.75 Å². The van der Waals surface area contributed by atoms with Gasteiger partial charge in [0.2, 0.25) is 0 Å². The Morgan fingerprint density at radius 2 is 2.12 bits per heavy atom. The van der Waals surface area contributed by atoms with Crippen LogP contribution in [0, 0.1) is 16.0 Å². The van der Waals surface area contributed by atoms with E-state index in [4.69, 9.17) is 14.6 Å². The third-order valence-electron chi connectivity index (χ3n) is 5.93. The lowest BCUT2D eigenvalue weighted by molar-refractivity contribution is -0.385. The smallest absolute Gasteiger partial charge is 0.332 e. The van der Waals surface area contributed by atoms with Crippen LogP contribution in [0.4, 0.5) is 5.69 Å². The van der Waals surface area contributed by atoms with Crippen LogP contribution in [0.1, 0.15) is 43.0 Å². The average molecular weight is 435 g/mol. The molecule has 0 unspecified atom stereocenters. The number of hydrazone groups is 1. The van der Waals surface area contributed by atoms with Crippen LogP contribution in [0.15, 0.2) is 59.3 Å². The van der Waals surface area contributed by atoms with E-state index in [0.29, 0.717) is 5.70 Å². The molecule has 2 aliphatic rings. The van der Waals surface area contributed by atoms with E-state index in [1.165, 1.54) is 17.7 Å². The van der Waals surface area contributed by atoms with Gasteiger partial charge in [-0.25, -0.2) is 4.79 Å². The Hall–Kier alpha value is -3.68. The average Bonchev–Trinajstić information content (AvgIpc) is 3.19. The summed E-state index contributed by atoms with van der Waals surface area (Å²) in [6, 6.07) is 12.3. The second-order valence-corrected chi connectivity index (χ2v) is 7.83. The fourth-order valence-corrected chi connectivity index (χ4v) is 4.49. The maximum absolute atomic E-state index is 12.1. The van der Waals surface area contributed by atoms with E-state index in [1.807, 2.05) is 18.2 Å². The van der Waals surface area contributed by atoms with Crippen molar-refractivity contribution in [2.75, 3.05) is 13.7 Å². The first-order valence-electron chi connectivity index (χ1n) is 10.6. The van der Waals surface area contributed by atoms with E-state index < -0.39 is 10.9 Å². The molecule has 1 aliphatic carbocycles. The molecule has 8 heteroatoms. The lowest BCUT2D eigenvalue weighted by Crippen LogP contribution is -2.28. The molecule has 0 saturated heterocycles. The van der Waals surface area contributed by atoms with Gasteiger partial charge >= 0.3 is 5.97 Å². The Labute approximate surface area is 186 Å². The van der Waals surface area contributed by atoms with Crippen LogP contribution in [0.2, 0.25) is 0 Å². The summed E-state index contributed by atoms with van der Waals surface area (Å²) in [6.45, 7) is 3.83. The van der Waals surface area contributed by atoms with Crippen molar-refractivity contribution < 1.29 is 19.2 Å². The molecule has 4 rings (SSSR count). The summed E-state index contributed by atoms with van der Waals surface area (Å²) in [4.78, 5) is 23.1. The number of methoxy groups -OCH3 is 1. The lowest BCUT2D eigenvalue weighted by atomic mass is 9.77. The number of esters is 1. The van der Waals surface area contributed by atoms with Gasteiger partial charge in [0, 0.05) is 35.4 Å². The zero-order chi connectivity index (χ0) is 22.8. The number of nitro benzene ring substituents is 1. The molecular weight excluding hydrogens is 410 g/mol. The van der Waals surface area contributed by atoms with Crippen LogP contribution in [-0.2, 0) is 16.0 Å². The van der Waals surface area contributed by atoms with E-state index >= 15 is 0 Å². The van der Waals surface area contributed by atoms with Crippen molar-refractivity contribution in [3.05, 3.63) is 81.0 Å². The van der Waals surface area contributed by atoms with Crippen molar-refractivity contribution in [2.24, 2.45) is 11.0 Å². The SMILES string of the molecule is CCOC(=O)/C=C(\C)N1N=C2c3cc(OC)ccc3CC[C@@H]2[C@H]1c1cccc([N+](=O)[O-])c1. The Balaban J connectivity index is 1.82. The number of carbonyl (C=O) groups excluding carboxylic acids is 1. The number of aryl methyl sites for hydroxylation is 1. The van der Waals surface area contributed by atoms with E-state index in [0.717, 1.165) is 35.4 Å². The molecule has 1 aliphatic heterocycles. The highest BCUT2D eigenvalue weighted by Gasteiger charge is 2.42. The molecular formula is C24H25N3O5. The number of carbonyl (C=O) groups is 1. The second-order valence-electron chi connectivity index (χ2n) is 7.83. The van der Waals surface area contributed by atoms with E-state index in [1.54, 1.807) is 38.1 Å². The molecule has 0 radical (unpaired) electrons. The van der Waals surface area contributed by atoms with Gasteiger partial charge in [0.15, 0.2) is 0 Å². The van der Waals surface area contributed by atoms with Crippen molar-refractivity contribution in [1.82, 2.24) is 5.01 Å². The molecule has 0 spiro atoms. The molecule has 1 heterocycles. The molecule has 0 saturated carbocycles. The first kappa shape index (κ1) is 21.5. The summed E-state index contributed by atoms with van der Waals surface area (Å²) in [5, 5.41) is 18.1. The molecule has 0 amide bonds. The first-order chi connectivity index (χ1) is 15.4. The van der Waals surface area contributed by atoms with E-state index in [-0.39, 0.29) is 24.3 Å². The molecule has 8 nitrogen and oxygen atoms in total. The Bertz CT molecular complexity index is 1120. The van der Waals surface area contributed by atoms with Gasteiger partial charge in [0.25, 0.3) is 5.69 Å². The Kier molecular flexibility index (Phi) is 5.94. The molecule has 32 heavy (non-hydrogen) atoms. The normalized spacial score (nSPS) is 19.7. The highest BCUT2D eigenvalue weighted by atomic mass is 16.6. The largest absolute Gasteiger partial charge is 0.497 e. The summed E-state index contributed by atoms with van der Waals surface area (Å²) < 4.78 is 10.5. The van der Waals surface area contributed by atoms with Crippen molar-refractivity contribution in [1.29, 1.82) is 0 Å². The summed E-state index contributed by atoms with van der Waals surface area (Å²) in [6.07, 6.45) is 3.12. The van der Waals surface area contributed by atoms with Crippen LogP contribution < -0.4 is 4.74 Å². The highest BCUT2D eigenvalue weighted by Crippen LogP contribution is 2.45. The zero-order valence-corrected chi connectivity index (χ0v) is 18.3. The van der Waals surface area contributed by atoms with E-state index in [2.05, 4.69) is 6.07 Å². The third kappa shape index (κ3) is 3.95. The zero-order valence-electron chi connectivity index (χ0n) is 18.3. The minimum absolute atomic E-state index is 0.0159. The molecule has 0 N–H and O–H groups in total. The summed E-state index contributed by atoms with van der Waals surface area (Å²) in [5.41, 5.74) is 4.53. The Morgan fingerprint density at radius 3 is 2.84 bits per heavy atom. The van der Waals surface area contributed by atoms with Gasteiger partial charge in [-0.1, -0.05) is 18.2 Å². The van der Waals surface area contributed by atoms with Gasteiger partial charge < -0.3 is 9.47 Å². The van der Waals surface area contributed by atoms with Crippen molar-refractivity contribution >= 4 is 17.4 Å².